The molecule has 0 aliphatic heterocycles. The number of halogens is 1. The molecule has 4 aromatic rings. The van der Waals surface area contributed by atoms with Crippen LogP contribution < -0.4 is 4.74 Å². The highest BCUT2D eigenvalue weighted by molar-refractivity contribution is 7.90. The zero-order valence-corrected chi connectivity index (χ0v) is 17.6. The molecule has 1 heterocycles. The van der Waals surface area contributed by atoms with Crippen LogP contribution in [0.15, 0.2) is 88.2 Å². The van der Waals surface area contributed by atoms with Crippen molar-refractivity contribution in [2.24, 2.45) is 0 Å². The van der Waals surface area contributed by atoms with Crippen molar-refractivity contribution >= 4 is 9.84 Å². The molecule has 0 bridgehead atoms. The maximum atomic E-state index is 13.3. The van der Waals surface area contributed by atoms with Gasteiger partial charge in [-0.05, 0) is 24.3 Å². The minimum Gasteiger partial charge on any atom is -0.493 e. The average molecular weight is 437 g/mol. The van der Waals surface area contributed by atoms with Gasteiger partial charge in [0.2, 0.25) is 0 Å². The standard InChI is InChI=1S/C24H20FNO4S/c1-31(27,28)21-12-10-17(11-13-21)23-24(18-6-3-2-4-7-18)30-22(26-23)14-15-29-20-9-5-8-19(25)16-20/h2-13,16H,14-15H2,1H3. The molecular formula is C24H20FNO4S. The predicted octanol–water partition coefficient (Wildman–Crippen LogP) is 5.17. The van der Waals surface area contributed by atoms with Crippen molar-refractivity contribution in [2.75, 3.05) is 12.9 Å². The smallest absolute Gasteiger partial charge is 0.198 e. The molecule has 0 aliphatic rings. The van der Waals surface area contributed by atoms with E-state index in [1.165, 1.54) is 18.4 Å². The lowest BCUT2D eigenvalue weighted by molar-refractivity contribution is 0.305. The van der Waals surface area contributed by atoms with Gasteiger partial charge in [0.1, 0.15) is 17.3 Å². The molecular weight excluding hydrogens is 417 g/mol. The molecule has 0 saturated carbocycles. The van der Waals surface area contributed by atoms with Crippen LogP contribution in [0.2, 0.25) is 0 Å². The van der Waals surface area contributed by atoms with Crippen LogP contribution in [0.25, 0.3) is 22.6 Å². The summed E-state index contributed by atoms with van der Waals surface area (Å²) >= 11 is 0. The van der Waals surface area contributed by atoms with Crippen LogP contribution >= 0.6 is 0 Å². The number of aromatic nitrogens is 1. The molecule has 158 valence electrons. The van der Waals surface area contributed by atoms with Gasteiger partial charge >= 0.3 is 0 Å². The molecule has 5 nitrogen and oxygen atoms in total. The van der Waals surface area contributed by atoms with Gasteiger partial charge in [-0.2, -0.15) is 0 Å². The largest absolute Gasteiger partial charge is 0.493 e. The fraction of sp³-hybridized carbons (Fsp3) is 0.125. The third-order valence-electron chi connectivity index (χ3n) is 4.64. The number of oxazole rings is 1. The second kappa shape index (κ2) is 8.73. The van der Waals surface area contributed by atoms with Crippen LogP contribution in [0.3, 0.4) is 0 Å². The van der Waals surface area contributed by atoms with Gasteiger partial charge in [0.05, 0.1) is 17.9 Å². The molecule has 7 heteroatoms. The van der Waals surface area contributed by atoms with Crippen molar-refractivity contribution in [2.45, 2.75) is 11.3 Å². The highest BCUT2D eigenvalue weighted by Gasteiger charge is 2.18. The van der Waals surface area contributed by atoms with Crippen LogP contribution in [-0.2, 0) is 16.3 Å². The van der Waals surface area contributed by atoms with Crippen molar-refractivity contribution in [3.8, 4) is 28.3 Å². The summed E-state index contributed by atoms with van der Waals surface area (Å²) in [5.41, 5.74) is 2.22. The molecule has 0 atom stereocenters. The lowest BCUT2D eigenvalue weighted by Gasteiger charge is -2.04. The van der Waals surface area contributed by atoms with E-state index in [1.54, 1.807) is 36.4 Å². The number of hydrogen-bond acceptors (Lipinski definition) is 5. The van der Waals surface area contributed by atoms with E-state index in [9.17, 15) is 12.8 Å². The number of rotatable bonds is 7. The Morgan fingerprint density at radius 2 is 1.68 bits per heavy atom. The summed E-state index contributed by atoms with van der Waals surface area (Å²) in [6, 6.07) is 22.0. The SMILES string of the molecule is CS(=O)(=O)c1ccc(-c2nc(CCOc3cccc(F)c3)oc2-c2ccccc2)cc1. The third kappa shape index (κ3) is 5.00. The molecule has 0 fully saturated rings. The maximum Gasteiger partial charge on any atom is 0.198 e. The topological polar surface area (TPSA) is 69.4 Å². The Hall–Kier alpha value is -3.45. The van der Waals surface area contributed by atoms with Gasteiger partial charge in [-0.25, -0.2) is 17.8 Å². The Labute approximate surface area is 180 Å². The first kappa shape index (κ1) is 20.8. The summed E-state index contributed by atoms with van der Waals surface area (Å²) in [5.74, 6) is 1.14. The van der Waals surface area contributed by atoms with Gasteiger partial charge in [-0.1, -0.05) is 48.5 Å². The van der Waals surface area contributed by atoms with Gasteiger partial charge in [-0.3, -0.25) is 0 Å². The van der Waals surface area contributed by atoms with Gasteiger partial charge in [0, 0.05) is 23.4 Å². The summed E-state index contributed by atoms with van der Waals surface area (Å²) < 4.78 is 48.4. The second-order valence-electron chi connectivity index (χ2n) is 7.00. The van der Waals surface area contributed by atoms with Crippen molar-refractivity contribution < 1.29 is 22.0 Å². The maximum absolute atomic E-state index is 13.3. The number of sulfone groups is 1. The average Bonchev–Trinajstić information content (AvgIpc) is 3.18. The van der Waals surface area contributed by atoms with E-state index in [4.69, 9.17) is 9.15 Å². The van der Waals surface area contributed by atoms with E-state index in [0.29, 0.717) is 29.5 Å². The number of nitrogens with zero attached hydrogens (tertiary/aromatic N) is 1. The summed E-state index contributed by atoms with van der Waals surface area (Å²) in [7, 11) is -3.29. The lowest BCUT2D eigenvalue weighted by atomic mass is 10.1. The van der Waals surface area contributed by atoms with Gasteiger partial charge in [0.25, 0.3) is 0 Å². The molecule has 0 radical (unpaired) electrons. The third-order valence-corrected chi connectivity index (χ3v) is 5.77. The van der Waals surface area contributed by atoms with Crippen molar-refractivity contribution in [1.29, 1.82) is 0 Å². The summed E-state index contributed by atoms with van der Waals surface area (Å²) in [5, 5.41) is 0. The Bertz CT molecular complexity index is 1280. The summed E-state index contributed by atoms with van der Waals surface area (Å²) in [6.45, 7) is 0.269. The monoisotopic (exact) mass is 437 g/mol. The van der Waals surface area contributed by atoms with Crippen molar-refractivity contribution in [3.05, 3.63) is 90.6 Å². The summed E-state index contributed by atoms with van der Waals surface area (Å²) in [4.78, 5) is 4.87. The van der Waals surface area contributed by atoms with Crippen molar-refractivity contribution in [1.82, 2.24) is 4.98 Å². The number of ether oxygens (including phenoxy) is 1. The Balaban J connectivity index is 1.61. The first-order chi connectivity index (χ1) is 14.9. The van der Waals surface area contributed by atoms with Crippen LogP contribution in [0, 0.1) is 5.82 Å². The molecule has 0 amide bonds. The molecule has 0 saturated heterocycles. The fourth-order valence-corrected chi connectivity index (χ4v) is 3.76. The molecule has 0 aliphatic carbocycles. The minimum atomic E-state index is -3.29. The highest BCUT2D eigenvalue weighted by Crippen LogP contribution is 2.33. The fourth-order valence-electron chi connectivity index (χ4n) is 3.13. The first-order valence-electron chi connectivity index (χ1n) is 9.64. The van der Waals surface area contributed by atoms with Crippen molar-refractivity contribution in [3.63, 3.8) is 0 Å². The van der Waals surface area contributed by atoms with E-state index in [1.807, 2.05) is 30.3 Å². The van der Waals surface area contributed by atoms with E-state index in [-0.39, 0.29) is 17.3 Å². The van der Waals surface area contributed by atoms with E-state index in [2.05, 4.69) is 4.98 Å². The Morgan fingerprint density at radius 1 is 0.935 bits per heavy atom. The molecule has 3 aromatic carbocycles. The van der Waals surface area contributed by atoms with E-state index >= 15 is 0 Å². The van der Waals surface area contributed by atoms with Crippen LogP contribution in [0.5, 0.6) is 5.75 Å². The normalized spacial score (nSPS) is 11.4. The Kier molecular flexibility index (Phi) is 5.86. The molecule has 1 aromatic heterocycles. The van der Waals surface area contributed by atoms with Gasteiger partial charge in [-0.15, -0.1) is 0 Å². The second-order valence-corrected chi connectivity index (χ2v) is 9.02. The predicted molar refractivity (Wildman–Crippen MR) is 116 cm³/mol. The molecule has 4 rings (SSSR count). The highest BCUT2D eigenvalue weighted by atomic mass is 32.2. The number of benzene rings is 3. The first-order valence-corrected chi connectivity index (χ1v) is 11.5. The molecule has 0 spiro atoms. The quantitative estimate of drug-likeness (QED) is 0.399. The van der Waals surface area contributed by atoms with Gasteiger partial charge < -0.3 is 9.15 Å². The summed E-state index contributed by atoms with van der Waals surface area (Å²) in [6.07, 6.45) is 1.56. The minimum absolute atomic E-state index is 0.240. The van der Waals surface area contributed by atoms with Crippen LogP contribution in [0.1, 0.15) is 5.89 Å². The van der Waals surface area contributed by atoms with Gasteiger partial charge in [0.15, 0.2) is 21.5 Å². The zero-order chi connectivity index (χ0) is 21.8. The number of hydrogen-bond donors (Lipinski definition) is 0. The Morgan fingerprint density at radius 3 is 2.35 bits per heavy atom. The molecule has 31 heavy (non-hydrogen) atoms. The molecule has 0 N–H and O–H groups in total. The van der Waals surface area contributed by atoms with E-state index < -0.39 is 9.84 Å². The lowest BCUT2D eigenvalue weighted by Crippen LogP contribution is -2.01. The molecule has 0 unspecified atom stereocenters. The zero-order valence-electron chi connectivity index (χ0n) is 16.8. The van der Waals surface area contributed by atoms with E-state index in [0.717, 1.165) is 11.1 Å². The van der Waals surface area contributed by atoms with Crippen LogP contribution in [-0.4, -0.2) is 26.3 Å². The van der Waals surface area contributed by atoms with Crippen LogP contribution in [0.4, 0.5) is 4.39 Å².